The summed E-state index contributed by atoms with van der Waals surface area (Å²) in [5, 5.41) is 0. The first kappa shape index (κ1) is 20.3. The van der Waals surface area contributed by atoms with Crippen LogP contribution in [0.25, 0.3) is 0 Å². The largest absolute Gasteiger partial charge is 0.378 e. The van der Waals surface area contributed by atoms with Gasteiger partial charge < -0.3 is 9.64 Å². The van der Waals surface area contributed by atoms with Gasteiger partial charge in [-0.05, 0) is 36.8 Å². The van der Waals surface area contributed by atoms with Crippen LogP contribution in [0.5, 0.6) is 0 Å². The van der Waals surface area contributed by atoms with Gasteiger partial charge in [0.2, 0.25) is 5.91 Å². The maximum Gasteiger partial charge on any atom is 0.248 e. The number of piperidine rings is 1. The predicted octanol–water partition coefficient (Wildman–Crippen LogP) is 3.71. The quantitative estimate of drug-likeness (QED) is 0.783. The number of methoxy groups -OCH3 is 1. The number of carbonyl (C=O) groups is 1. The first-order chi connectivity index (χ1) is 13.3. The highest BCUT2D eigenvalue weighted by molar-refractivity contribution is 6.00. The van der Waals surface area contributed by atoms with Crippen molar-refractivity contribution in [1.29, 1.82) is 0 Å². The van der Waals surface area contributed by atoms with E-state index in [-0.39, 0.29) is 17.9 Å². The highest BCUT2D eigenvalue weighted by atomic mass is 16.5. The second-order valence-electron chi connectivity index (χ2n) is 8.26. The minimum Gasteiger partial charge on any atom is -0.378 e. The summed E-state index contributed by atoms with van der Waals surface area (Å²) >= 11 is 0. The molecule has 6 nitrogen and oxygen atoms in total. The van der Waals surface area contributed by atoms with Crippen molar-refractivity contribution in [1.82, 2.24) is 14.5 Å². The lowest BCUT2D eigenvalue weighted by atomic mass is 9.79. The average molecular weight is 383 g/mol. The lowest BCUT2D eigenvalue weighted by Crippen LogP contribution is -2.37. The van der Waals surface area contributed by atoms with Crippen molar-refractivity contribution in [2.75, 3.05) is 20.2 Å². The normalized spacial score (nSPS) is 21.3. The molecule has 1 amide bonds. The molecule has 1 saturated heterocycles. The van der Waals surface area contributed by atoms with E-state index in [2.05, 4.69) is 43.7 Å². The molecule has 0 atom stereocenters. The highest BCUT2D eigenvalue weighted by Gasteiger charge is 2.32. The summed E-state index contributed by atoms with van der Waals surface area (Å²) in [4.78, 5) is 23.5. The summed E-state index contributed by atoms with van der Waals surface area (Å²) < 4.78 is 7.02. The molecule has 6 heteroatoms. The maximum atomic E-state index is 12.8. The van der Waals surface area contributed by atoms with E-state index < -0.39 is 0 Å². The molecule has 0 unspecified atom stereocenters. The van der Waals surface area contributed by atoms with Crippen LogP contribution in [0.3, 0.4) is 0 Å². The van der Waals surface area contributed by atoms with Crippen molar-refractivity contribution in [3.05, 3.63) is 52.8 Å². The first-order valence-corrected chi connectivity index (χ1v) is 9.72. The number of hydrogen-bond acceptors (Lipinski definition) is 4. The van der Waals surface area contributed by atoms with Crippen molar-refractivity contribution in [2.45, 2.75) is 47.6 Å². The Kier molecular flexibility index (Phi) is 5.70. The summed E-state index contributed by atoms with van der Waals surface area (Å²) in [6.45, 7) is 12.2. The average Bonchev–Trinajstić information content (AvgIpc) is 3.04. The van der Waals surface area contributed by atoms with Crippen molar-refractivity contribution in [2.24, 2.45) is 10.4 Å². The number of aromatic nitrogens is 2. The maximum absolute atomic E-state index is 12.8. The van der Waals surface area contributed by atoms with Gasteiger partial charge in [-0.1, -0.05) is 32.4 Å². The fourth-order valence-electron chi connectivity index (χ4n) is 3.63. The summed E-state index contributed by atoms with van der Waals surface area (Å²) in [5.41, 5.74) is 5.65. The fraction of sp³-hybridized carbons (Fsp3) is 0.500. The zero-order valence-electron chi connectivity index (χ0n) is 17.7. The van der Waals surface area contributed by atoms with Gasteiger partial charge in [0.1, 0.15) is 18.7 Å². The summed E-state index contributed by atoms with van der Waals surface area (Å²) in [7, 11) is 1.65. The number of nitrogens with zero attached hydrogens (tertiary/aromatic N) is 4. The Hall–Kier alpha value is -2.47. The molecule has 0 radical (unpaired) electrons. The van der Waals surface area contributed by atoms with Gasteiger partial charge in [0.05, 0.1) is 18.0 Å². The van der Waals surface area contributed by atoms with Crippen molar-refractivity contribution < 1.29 is 9.53 Å². The molecule has 0 N–H and O–H groups in total. The number of rotatable bonds is 2. The van der Waals surface area contributed by atoms with Gasteiger partial charge in [-0.2, -0.15) is 0 Å². The van der Waals surface area contributed by atoms with E-state index in [0.29, 0.717) is 13.2 Å². The second-order valence-corrected chi connectivity index (χ2v) is 8.26. The van der Waals surface area contributed by atoms with Gasteiger partial charge >= 0.3 is 0 Å². The van der Waals surface area contributed by atoms with Crippen LogP contribution in [0.4, 0.5) is 0 Å². The van der Waals surface area contributed by atoms with Crippen LogP contribution >= 0.6 is 0 Å². The standard InChI is InChI=1S/C22H30N4O2/c1-7-17-18(15(2)22(3,4)5)8-9-26-19(17)10-20(23-11-21(26)27)25-12-16(13-28-6)24-14-25/h7,10,12,14H,8-9,11,13H2,1-6H3. The van der Waals surface area contributed by atoms with Crippen LogP contribution in [-0.2, 0) is 16.1 Å². The van der Waals surface area contributed by atoms with E-state index in [1.54, 1.807) is 13.4 Å². The van der Waals surface area contributed by atoms with Crippen LogP contribution in [0.15, 0.2) is 52.1 Å². The molecule has 1 fully saturated rings. The van der Waals surface area contributed by atoms with Crippen molar-refractivity contribution in [3.63, 3.8) is 0 Å². The van der Waals surface area contributed by atoms with E-state index in [1.807, 2.05) is 28.7 Å². The van der Waals surface area contributed by atoms with Gasteiger partial charge in [-0.25, -0.2) is 4.98 Å². The molecule has 1 aromatic heterocycles. The second kappa shape index (κ2) is 7.87. The number of ether oxygens (including phenoxy) is 1. The first-order valence-electron chi connectivity index (χ1n) is 9.72. The lowest BCUT2D eigenvalue weighted by Gasteiger charge is -2.35. The monoisotopic (exact) mass is 382 g/mol. The molecule has 0 saturated carbocycles. The Bertz CT molecular complexity index is 894. The van der Waals surface area contributed by atoms with Gasteiger partial charge in [-0.3, -0.25) is 14.4 Å². The Balaban J connectivity index is 2.07. The molecule has 1 aromatic rings. The summed E-state index contributed by atoms with van der Waals surface area (Å²) in [5.74, 6) is 0.750. The Labute approximate surface area is 167 Å². The number of fused-ring (bicyclic) bond motifs is 1. The predicted molar refractivity (Wildman–Crippen MR) is 111 cm³/mol. The minimum atomic E-state index is 0.0327. The van der Waals surface area contributed by atoms with E-state index in [9.17, 15) is 4.79 Å². The third-order valence-corrected chi connectivity index (χ3v) is 5.48. The van der Waals surface area contributed by atoms with Crippen LogP contribution in [0, 0.1) is 5.41 Å². The topological polar surface area (TPSA) is 59.7 Å². The molecular weight excluding hydrogens is 352 g/mol. The Morgan fingerprint density at radius 2 is 2.11 bits per heavy atom. The molecule has 0 spiro atoms. The molecule has 3 rings (SSSR count). The van der Waals surface area contributed by atoms with Gasteiger partial charge in [0.15, 0.2) is 0 Å². The van der Waals surface area contributed by atoms with E-state index in [1.165, 1.54) is 11.1 Å². The number of carbonyl (C=O) groups excluding carboxylic acids is 1. The van der Waals surface area contributed by atoms with Crippen LogP contribution < -0.4 is 0 Å². The number of amides is 1. The molecule has 0 aliphatic carbocycles. The van der Waals surface area contributed by atoms with E-state index in [0.717, 1.165) is 29.2 Å². The smallest absolute Gasteiger partial charge is 0.248 e. The number of hydrogen-bond donors (Lipinski definition) is 0. The molecule has 2 aliphatic rings. The molecule has 28 heavy (non-hydrogen) atoms. The molecular formula is C22H30N4O2. The van der Waals surface area contributed by atoms with Gasteiger partial charge in [0.25, 0.3) is 0 Å². The lowest BCUT2D eigenvalue weighted by molar-refractivity contribution is -0.127. The van der Waals surface area contributed by atoms with E-state index >= 15 is 0 Å². The molecule has 150 valence electrons. The number of aliphatic imine (C=N–C) groups is 1. The fourth-order valence-corrected chi connectivity index (χ4v) is 3.63. The summed E-state index contributed by atoms with van der Waals surface area (Å²) in [6, 6.07) is 0. The van der Waals surface area contributed by atoms with Gasteiger partial charge in [-0.15, -0.1) is 0 Å². The third-order valence-electron chi connectivity index (χ3n) is 5.48. The van der Waals surface area contributed by atoms with Crippen LogP contribution in [0.2, 0.25) is 0 Å². The highest BCUT2D eigenvalue weighted by Crippen LogP contribution is 2.39. The van der Waals surface area contributed by atoms with Crippen LogP contribution in [0.1, 0.15) is 46.7 Å². The molecule has 0 bridgehead atoms. The minimum absolute atomic E-state index is 0.0327. The summed E-state index contributed by atoms with van der Waals surface area (Å²) in [6.07, 6.45) is 8.61. The molecule has 3 heterocycles. The Morgan fingerprint density at radius 1 is 1.36 bits per heavy atom. The number of imidazole rings is 1. The van der Waals surface area contributed by atoms with Gasteiger partial charge in [0, 0.05) is 25.9 Å². The van der Waals surface area contributed by atoms with Crippen LogP contribution in [-0.4, -0.2) is 46.4 Å². The van der Waals surface area contributed by atoms with E-state index in [4.69, 9.17) is 4.74 Å². The molecule has 2 aliphatic heterocycles. The third kappa shape index (κ3) is 3.87. The Morgan fingerprint density at radius 3 is 2.75 bits per heavy atom. The van der Waals surface area contributed by atoms with Crippen molar-refractivity contribution >= 4 is 11.7 Å². The molecule has 0 aromatic carbocycles. The zero-order chi connectivity index (χ0) is 20.5. The SMILES string of the molecule is CC=C1C2=CC(n3cnc(COC)c3)=NCC(=O)N2CCC1=C(C)C(C)(C)C. The zero-order valence-corrected chi connectivity index (χ0v) is 17.7. The van der Waals surface area contributed by atoms with Crippen molar-refractivity contribution in [3.8, 4) is 0 Å². The number of allylic oxidation sites excluding steroid dienone is 4.